The topological polar surface area (TPSA) is 95.5 Å². The summed E-state index contributed by atoms with van der Waals surface area (Å²) in [6, 6.07) is -0.663. The molecule has 18 heavy (non-hydrogen) atoms. The van der Waals surface area contributed by atoms with E-state index in [1.807, 2.05) is 12.2 Å². The van der Waals surface area contributed by atoms with Crippen molar-refractivity contribution in [3.8, 4) is 0 Å². The monoisotopic (exact) mass is 274 g/mol. The second kappa shape index (κ2) is 9.52. The van der Waals surface area contributed by atoms with Gasteiger partial charge in [-0.15, -0.1) is 0 Å². The lowest BCUT2D eigenvalue weighted by Gasteiger charge is -2.13. The molecule has 0 radical (unpaired) electrons. The van der Waals surface area contributed by atoms with Crippen LogP contribution in [0.3, 0.4) is 0 Å². The van der Waals surface area contributed by atoms with E-state index in [0.29, 0.717) is 6.08 Å². The lowest BCUT2D eigenvalue weighted by molar-refractivity contribution is -0.131. The summed E-state index contributed by atoms with van der Waals surface area (Å²) in [6.45, 7) is 3.90. The van der Waals surface area contributed by atoms with Gasteiger partial charge in [0.15, 0.2) is 0 Å². The van der Waals surface area contributed by atoms with Crippen molar-refractivity contribution in [3.05, 3.63) is 12.2 Å². The molecule has 0 bridgehead atoms. The third-order valence-corrected chi connectivity index (χ3v) is 2.82. The standard InChI is InChI=1S/C11H18N2O4S/c1-3-18-7-6-8(2)12-11(17)13-9(14)4-5-10(15)16/h4-5,8H,3,6-7H2,1-2H3,(H,15,16)(H2,12,13,14,17)/b5-4+. The van der Waals surface area contributed by atoms with Crippen LogP contribution in [-0.4, -0.2) is 40.6 Å². The molecule has 0 heterocycles. The Labute approximate surface area is 110 Å². The van der Waals surface area contributed by atoms with Crippen LogP contribution in [-0.2, 0) is 9.59 Å². The maximum absolute atomic E-state index is 11.3. The predicted octanol–water partition coefficient (Wildman–Crippen LogP) is 0.985. The maximum atomic E-state index is 11.3. The first kappa shape index (κ1) is 16.5. The van der Waals surface area contributed by atoms with Crippen molar-refractivity contribution >= 4 is 29.7 Å². The van der Waals surface area contributed by atoms with Gasteiger partial charge in [-0.05, 0) is 24.9 Å². The largest absolute Gasteiger partial charge is 0.478 e. The minimum Gasteiger partial charge on any atom is -0.478 e. The predicted molar refractivity (Wildman–Crippen MR) is 70.5 cm³/mol. The number of hydrogen-bond donors (Lipinski definition) is 3. The van der Waals surface area contributed by atoms with Crippen molar-refractivity contribution in [2.45, 2.75) is 26.3 Å². The fraction of sp³-hybridized carbons (Fsp3) is 0.545. The summed E-state index contributed by atoms with van der Waals surface area (Å²) in [6.07, 6.45) is 2.27. The van der Waals surface area contributed by atoms with Crippen molar-refractivity contribution in [1.29, 1.82) is 0 Å². The summed E-state index contributed by atoms with van der Waals surface area (Å²) in [5, 5.41) is 12.9. The van der Waals surface area contributed by atoms with Crippen molar-refractivity contribution in [3.63, 3.8) is 0 Å². The molecular formula is C11H18N2O4S. The Balaban J connectivity index is 3.88. The molecule has 0 saturated carbocycles. The summed E-state index contributed by atoms with van der Waals surface area (Å²) in [5.74, 6) is -0.0390. The number of carboxylic acids is 1. The van der Waals surface area contributed by atoms with Gasteiger partial charge >= 0.3 is 12.0 Å². The summed E-state index contributed by atoms with van der Waals surface area (Å²) >= 11 is 1.77. The normalized spacial score (nSPS) is 12.1. The van der Waals surface area contributed by atoms with E-state index in [1.54, 1.807) is 11.8 Å². The maximum Gasteiger partial charge on any atom is 0.328 e. The van der Waals surface area contributed by atoms with Gasteiger partial charge in [-0.1, -0.05) is 6.92 Å². The molecule has 0 aromatic heterocycles. The molecule has 0 fully saturated rings. The van der Waals surface area contributed by atoms with Crippen LogP contribution >= 0.6 is 11.8 Å². The molecule has 3 N–H and O–H groups in total. The number of aliphatic carboxylic acids is 1. The molecule has 102 valence electrons. The molecule has 0 aliphatic carbocycles. The lowest BCUT2D eigenvalue weighted by atomic mass is 10.3. The Kier molecular flexibility index (Phi) is 8.73. The van der Waals surface area contributed by atoms with Gasteiger partial charge in [-0.25, -0.2) is 9.59 Å². The number of carboxylic acid groups (broad SMARTS) is 1. The van der Waals surface area contributed by atoms with Crippen LogP contribution in [0.4, 0.5) is 4.79 Å². The fourth-order valence-corrected chi connectivity index (χ4v) is 1.85. The first-order valence-corrected chi connectivity index (χ1v) is 6.71. The van der Waals surface area contributed by atoms with Crippen LogP contribution in [0.25, 0.3) is 0 Å². The molecule has 0 aliphatic rings. The highest BCUT2D eigenvalue weighted by Crippen LogP contribution is 2.03. The number of carbonyl (C=O) groups excluding carboxylic acids is 2. The van der Waals surface area contributed by atoms with E-state index in [4.69, 9.17) is 5.11 Å². The minimum atomic E-state index is -1.24. The Morgan fingerprint density at radius 3 is 2.56 bits per heavy atom. The van der Waals surface area contributed by atoms with Gasteiger partial charge in [-0.2, -0.15) is 11.8 Å². The molecule has 0 aromatic carbocycles. The third-order valence-electron chi connectivity index (χ3n) is 1.89. The number of nitrogens with one attached hydrogen (secondary N) is 2. The second-order valence-electron chi connectivity index (χ2n) is 3.52. The lowest BCUT2D eigenvalue weighted by Crippen LogP contribution is -2.43. The molecule has 6 nitrogen and oxygen atoms in total. The highest BCUT2D eigenvalue weighted by atomic mass is 32.2. The molecule has 0 spiro atoms. The van der Waals surface area contributed by atoms with E-state index < -0.39 is 17.9 Å². The van der Waals surface area contributed by atoms with Crippen molar-refractivity contribution in [2.24, 2.45) is 0 Å². The van der Waals surface area contributed by atoms with E-state index >= 15 is 0 Å². The van der Waals surface area contributed by atoms with E-state index in [2.05, 4.69) is 12.2 Å². The van der Waals surface area contributed by atoms with Gasteiger partial charge in [-0.3, -0.25) is 10.1 Å². The van der Waals surface area contributed by atoms with Crippen molar-refractivity contribution < 1.29 is 19.5 Å². The molecule has 3 amide bonds. The van der Waals surface area contributed by atoms with E-state index in [0.717, 1.165) is 24.0 Å². The quantitative estimate of drug-likeness (QED) is 0.475. The highest BCUT2D eigenvalue weighted by Gasteiger charge is 2.08. The van der Waals surface area contributed by atoms with E-state index in [1.165, 1.54) is 0 Å². The third kappa shape index (κ3) is 9.71. The van der Waals surface area contributed by atoms with Gasteiger partial charge in [0.25, 0.3) is 5.91 Å². The first-order chi connectivity index (χ1) is 8.45. The molecule has 1 unspecified atom stereocenters. The number of rotatable bonds is 7. The first-order valence-electron chi connectivity index (χ1n) is 5.56. The highest BCUT2D eigenvalue weighted by molar-refractivity contribution is 7.99. The Morgan fingerprint density at radius 2 is 2.00 bits per heavy atom. The van der Waals surface area contributed by atoms with Gasteiger partial charge in [0.2, 0.25) is 0 Å². The zero-order valence-electron chi connectivity index (χ0n) is 10.4. The Morgan fingerprint density at radius 1 is 1.33 bits per heavy atom. The van der Waals surface area contributed by atoms with E-state index in [9.17, 15) is 14.4 Å². The summed E-state index contributed by atoms with van der Waals surface area (Å²) in [4.78, 5) is 32.5. The Hall–Kier alpha value is -1.50. The second-order valence-corrected chi connectivity index (χ2v) is 4.91. The molecule has 1 atom stereocenters. The number of imide groups is 1. The van der Waals surface area contributed by atoms with Crippen molar-refractivity contribution in [2.75, 3.05) is 11.5 Å². The van der Waals surface area contributed by atoms with Crippen LogP contribution < -0.4 is 10.6 Å². The molecule has 0 saturated heterocycles. The molecular weight excluding hydrogens is 256 g/mol. The van der Waals surface area contributed by atoms with Gasteiger partial charge in [0.05, 0.1) is 0 Å². The number of hydrogen-bond acceptors (Lipinski definition) is 4. The Bertz CT molecular complexity index is 331. The minimum absolute atomic E-state index is 0.0414. The van der Waals surface area contributed by atoms with Crippen LogP contribution in [0, 0.1) is 0 Å². The molecule has 0 rings (SSSR count). The van der Waals surface area contributed by atoms with Crippen LogP contribution in [0.2, 0.25) is 0 Å². The number of thioether (sulfide) groups is 1. The number of amides is 3. The average molecular weight is 274 g/mol. The van der Waals surface area contributed by atoms with Crippen LogP contribution in [0.15, 0.2) is 12.2 Å². The van der Waals surface area contributed by atoms with Gasteiger partial charge < -0.3 is 10.4 Å². The van der Waals surface area contributed by atoms with E-state index in [-0.39, 0.29) is 6.04 Å². The summed E-state index contributed by atoms with van der Waals surface area (Å²) in [7, 11) is 0. The van der Waals surface area contributed by atoms with Crippen LogP contribution in [0.1, 0.15) is 20.3 Å². The molecule has 7 heteroatoms. The number of urea groups is 1. The summed E-state index contributed by atoms with van der Waals surface area (Å²) < 4.78 is 0. The zero-order valence-corrected chi connectivity index (χ0v) is 11.3. The van der Waals surface area contributed by atoms with Crippen LogP contribution in [0.5, 0.6) is 0 Å². The van der Waals surface area contributed by atoms with Gasteiger partial charge in [0.1, 0.15) is 0 Å². The van der Waals surface area contributed by atoms with Crippen molar-refractivity contribution in [1.82, 2.24) is 10.6 Å². The number of carbonyl (C=O) groups is 3. The summed E-state index contributed by atoms with van der Waals surface area (Å²) in [5.41, 5.74) is 0. The zero-order chi connectivity index (χ0) is 14.0. The van der Waals surface area contributed by atoms with Gasteiger partial charge in [0, 0.05) is 18.2 Å². The fourth-order valence-electron chi connectivity index (χ4n) is 1.04. The molecule has 0 aromatic rings. The average Bonchev–Trinajstić information content (AvgIpc) is 2.26. The smallest absolute Gasteiger partial charge is 0.328 e. The molecule has 0 aliphatic heterocycles. The SMILES string of the molecule is CCSCCC(C)NC(=O)NC(=O)/C=C/C(=O)O.